The molecule has 1 heterocycles. The SMILES string of the molecule is CCCCN(CCCC)c1ccc2c(/C=C/c3cc[n+](CCC[NH+](CC)CC)cc3F)cccc2c1F.[Br-].[Br-]. The molecule has 3 rings (SSSR count). The molecule has 0 amide bonds. The number of anilines is 1. The van der Waals surface area contributed by atoms with Crippen LogP contribution in [0, 0.1) is 11.6 Å². The molecule has 0 aliphatic heterocycles. The number of fused-ring (bicyclic) bond motifs is 1. The Hall–Kier alpha value is -1.83. The molecule has 1 aromatic heterocycles. The van der Waals surface area contributed by atoms with Crippen molar-refractivity contribution in [3.63, 3.8) is 0 Å². The summed E-state index contributed by atoms with van der Waals surface area (Å²) in [4.78, 5) is 3.75. The first kappa shape index (κ1) is 35.2. The van der Waals surface area contributed by atoms with E-state index < -0.39 is 0 Å². The zero-order valence-electron chi connectivity index (χ0n) is 24.0. The molecule has 216 valence electrons. The van der Waals surface area contributed by atoms with Crippen molar-refractivity contribution in [1.82, 2.24) is 0 Å². The summed E-state index contributed by atoms with van der Waals surface area (Å²) in [7, 11) is 0. The number of unbranched alkanes of at least 4 members (excludes halogenated alkanes) is 2. The van der Waals surface area contributed by atoms with Crippen LogP contribution in [-0.4, -0.2) is 32.7 Å². The summed E-state index contributed by atoms with van der Waals surface area (Å²) >= 11 is 0. The lowest BCUT2D eigenvalue weighted by molar-refractivity contribution is -0.899. The average Bonchev–Trinajstić information content (AvgIpc) is 2.91. The normalized spacial score (nSPS) is 11.2. The molecule has 2 aromatic carbocycles. The number of nitrogens with zero attached hydrogens (tertiary/aromatic N) is 2. The van der Waals surface area contributed by atoms with Gasteiger partial charge in [-0.3, -0.25) is 0 Å². The minimum absolute atomic E-state index is 0. The highest BCUT2D eigenvalue weighted by Crippen LogP contribution is 2.31. The summed E-state index contributed by atoms with van der Waals surface area (Å²) in [6.45, 7) is 14.6. The Bertz CT molecular complexity index is 1160. The molecule has 0 atom stereocenters. The van der Waals surface area contributed by atoms with Crippen molar-refractivity contribution >= 4 is 28.6 Å². The Morgan fingerprint density at radius 1 is 0.795 bits per heavy atom. The van der Waals surface area contributed by atoms with E-state index in [1.165, 1.54) is 0 Å². The Morgan fingerprint density at radius 2 is 1.46 bits per heavy atom. The second kappa shape index (κ2) is 18.5. The van der Waals surface area contributed by atoms with Crippen LogP contribution in [-0.2, 0) is 6.54 Å². The number of quaternary nitrogens is 1. The molecule has 1 N–H and O–H groups in total. The molecular formula is C32H45Br2F2N3. The van der Waals surface area contributed by atoms with Gasteiger partial charge in [0.1, 0.15) is 0 Å². The quantitative estimate of drug-likeness (QED) is 0.230. The molecule has 3 nitrogen and oxygen atoms in total. The van der Waals surface area contributed by atoms with Crippen LogP contribution < -0.4 is 48.3 Å². The molecule has 0 saturated heterocycles. The first-order valence-electron chi connectivity index (χ1n) is 14.2. The number of hydrogen-bond acceptors (Lipinski definition) is 1. The highest BCUT2D eigenvalue weighted by molar-refractivity contribution is 5.95. The highest BCUT2D eigenvalue weighted by Gasteiger charge is 2.15. The lowest BCUT2D eigenvalue weighted by atomic mass is 10.0. The van der Waals surface area contributed by atoms with Gasteiger partial charge in [0.2, 0.25) is 6.20 Å². The Morgan fingerprint density at radius 3 is 2.08 bits per heavy atom. The summed E-state index contributed by atoms with van der Waals surface area (Å²) in [5.74, 6) is -0.413. The van der Waals surface area contributed by atoms with E-state index >= 15 is 4.39 Å². The van der Waals surface area contributed by atoms with Gasteiger partial charge in [0.05, 0.1) is 31.7 Å². The molecule has 0 saturated carbocycles. The number of aryl methyl sites for hydroxylation is 1. The zero-order chi connectivity index (χ0) is 26.6. The molecule has 0 spiro atoms. The maximum absolute atomic E-state index is 15.7. The van der Waals surface area contributed by atoms with Crippen LogP contribution in [0.4, 0.5) is 14.5 Å². The van der Waals surface area contributed by atoms with Crippen LogP contribution in [0.15, 0.2) is 48.8 Å². The third-order valence-corrected chi connectivity index (χ3v) is 7.30. The Labute approximate surface area is 255 Å². The van der Waals surface area contributed by atoms with Gasteiger partial charge in [-0.2, -0.15) is 4.39 Å². The molecule has 0 unspecified atom stereocenters. The standard InChI is InChI=1S/C32H44F2N3.2BrH/c1-5-9-22-37(23-10-6-2)31-18-17-28-26(13-11-14-29(28)32(31)34)15-16-27-19-24-36(25-30(27)33)21-12-20-35(7-3)8-4;;/h11,13-19,24-25H,5-10,12,20-23H2,1-4H3;2*1H/q+1;;/p-1/b16-15+;;. The maximum atomic E-state index is 15.7. The number of halogens is 4. The molecule has 3 aromatic rings. The van der Waals surface area contributed by atoms with Crippen molar-refractivity contribution in [2.45, 2.75) is 66.3 Å². The average molecular weight is 670 g/mol. The molecule has 0 aliphatic rings. The summed E-state index contributed by atoms with van der Waals surface area (Å²) < 4.78 is 32.5. The first-order valence-corrected chi connectivity index (χ1v) is 14.2. The number of rotatable bonds is 15. The van der Waals surface area contributed by atoms with E-state index in [0.717, 1.165) is 82.3 Å². The number of hydrogen-bond donors (Lipinski definition) is 1. The summed E-state index contributed by atoms with van der Waals surface area (Å²) in [5.41, 5.74) is 2.09. The first-order chi connectivity index (χ1) is 18.0. The van der Waals surface area contributed by atoms with E-state index in [1.807, 2.05) is 53.2 Å². The van der Waals surface area contributed by atoms with Gasteiger partial charge >= 0.3 is 0 Å². The molecule has 0 fully saturated rings. The molecular weight excluding hydrogens is 624 g/mol. The van der Waals surface area contributed by atoms with Gasteiger partial charge in [-0.15, -0.1) is 0 Å². The van der Waals surface area contributed by atoms with Crippen LogP contribution in [0.3, 0.4) is 0 Å². The Balaban J connectivity index is 0.00000380. The highest BCUT2D eigenvalue weighted by atomic mass is 79.9. The van der Waals surface area contributed by atoms with Gasteiger partial charge in [0.15, 0.2) is 24.4 Å². The van der Waals surface area contributed by atoms with Crippen LogP contribution in [0.25, 0.3) is 22.9 Å². The minimum Gasteiger partial charge on any atom is -1.00 e. The fourth-order valence-electron chi connectivity index (χ4n) is 4.86. The van der Waals surface area contributed by atoms with Crippen molar-refractivity contribution < 1.29 is 52.2 Å². The largest absolute Gasteiger partial charge is 1.00 e. The van der Waals surface area contributed by atoms with Gasteiger partial charge in [-0.1, -0.05) is 63.1 Å². The van der Waals surface area contributed by atoms with Crippen molar-refractivity contribution in [2.24, 2.45) is 0 Å². The molecule has 0 aliphatic carbocycles. The smallest absolute Gasteiger partial charge is 0.205 e. The number of nitrogens with one attached hydrogen (secondary N) is 1. The van der Waals surface area contributed by atoms with Crippen LogP contribution in [0.5, 0.6) is 0 Å². The number of pyridine rings is 1. The predicted molar refractivity (Wildman–Crippen MR) is 153 cm³/mol. The van der Waals surface area contributed by atoms with Crippen molar-refractivity contribution in [1.29, 1.82) is 0 Å². The monoisotopic (exact) mass is 667 g/mol. The van der Waals surface area contributed by atoms with Gasteiger partial charge in [-0.05, 0) is 43.7 Å². The minimum atomic E-state index is -0.245. The van der Waals surface area contributed by atoms with Gasteiger partial charge in [0.25, 0.3) is 0 Å². The van der Waals surface area contributed by atoms with Crippen LogP contribution >= 0.6 is 0 Å². The van der Waals surface area contributed by atoms with E-state index in [0.29, 0.717) is 16.6 Å². The van der Waals surface area contributed by atoms with E-state index in [2.05, 4.69) is 32.6 Å². The molecule has 39 heavy (non-hydrogen) atoms. The Kier molecular flexibility index (Phi) is 16.7. The van der Waals surface area contributed by atoms with Crippen molar-refractivity contribution in [3.8, 4) is 0 Å². The van der Waals surface area contributed by atoms with E-state index in [1.54, 1.807) is 17.2 Å². The molecule has 0 bridgehead atoms. The van der Waals surface area contributed by atoms with Crippen LogP contribution in [0.1, 0.15) is 70.9 Å². The maximum Gasteiger partial charge on any atom is 0.205 e. The van der Waals surface area contributed by atoms with Crippen LogP contribution in [0.2, 0.25) is 0 Å². The van der Waals surface area contributed by atoms with E-state index in [4.69, 9.17) is 0 Å². The molecule has 7 heteroatoms. The topological polar surface area (TPSA) is 11.6 Å². The lowest BCUT2D eigenvalue weighted by Crippen LogP contribution is -3.11. The predicted octanol–water partition coefficient (Wildman–Crippen LogP) is 0.305. The third kappa shape index (κ3) is 9.94. The van der Waals surface area contributed by atoms with Crippen molar-refractivity contribution in [3.05, 3.63) is 71.6 Å². The third-order valence-electron chi connectivity index (χ3n) is 7.30. The van der Waals surface area contributed by atoms with Gasteiger partial charge in [0, 0.05) is 30.1 Å². The molecule has 0 radical (unpaired) electrons. The second-order valence-electron chi connectivity index (χ2n) is 9.92. The number of aromatic nitrogens is 1. The lowest BCUT2D eigenvalue weighted by Gasteiger charge is -2.26. The fraction of sp³-hybridized carbons (Fsp3) is 0.469. The van der Waals surface area contributed by atoms with Gasteiger partial charge in [-0.25, -0.2) is 8.96 Å². The van der Waals surface area contributed by atoms with E-state index in [9.17, 15) is 4.39 Å². The summed E-state index contributed by atoms with van der Waals surface area (Å²) in [5, 5.41) is 1.45. The second-order valence-corrected chi connectivity index (χ2v) is 9.92. The summed E-state index contributed by atoms with van der Waals surface area (Å²) in [6, 6.07) is 11.4. The number of benzene rings is 2. The van der Waals surface area contributed by atoms with Crippen molar-refractivity contribution in [2.75, 3.05) is 37.6 Å². The fourth-order valence-corrected chi connectivity index (χ4v) is 4.86. The summed E-state index contributed by atoms with van der Waals surface area (Å²) in [6.07, 6.45) is 12.5. The van der Waals surface area contributed by atoms with Gasteiger partial charge < -0.3 is 43.8 Å². The van der Waals surface area contributed by atoms with E-state index in [-0.39, 0.29) is 45.6 Å². The zero-order valence-corrected chi connectivity index (χ0v) is 27.1.